The second-order valence-corrected chi connectivity index (χ2v) is 17.7. The lowest BCUT2D eigenvalue weighted by Crippen LogP contribution is -2.30. The van der Waals surface area contributed by atoms with Crippen molar-refractivity contribution in [1.29, 1.82) is 0 Å². The molecule has 0 fully saturated rings. The first-order chi connectivity index (χ1) is 34.0. The van der Waals surface area contributed by atoms with Gasteiger partial charge in [0.05, 0.1) is 0 Å². The molecule has 6 nitrogen and oxygen atoms in total. The van der Waals surface area contributed by atoms with Gasteiger partial charge in [-0.1, -0.05) is 219 Å². The van der Waals surface area contributed by atoms with E-state index in [0.29, 0.717) is 19.3 Å². The van der Waals surface area contributed by atoms with Crippen molar-refractivity contribution in [3.8, 4) is 0 Å². The van der Waals surface area contributed by atoms with Gasteiger partial charge in [0.25, 0.3) is 0 Å². The molecule has 0 aromatic heterocycles. The van der Waals surface area contributed by atoms with Crippen molar-refractivity contribution in [2.45, 2.75) is 232 Å². The molecule has 0 radical (unpaired) electrons. The van der Waals surface area contributed by atoms with Crippen molar-refractivity contribution in [2.75, 3.05) is 13.2 Å². The van der Waals surface area contributed by atoms with Crippen LogP contribution in [0, 0.1) is 0 Å². The lowest BCUT2D eigenvalue weighted by Gasteiger charge is -2.18. The van der Waals surface area contributed by atoms with Gasteiger partial charge in [0.1, 0.15) is 13.2 Å². The van der Waals surface area contributed by atoms with E-state index in [0.717, 1.165) is 96.3 Å². The summed E-state index contributed by atoms with van der Waals surface area (Å²) in [7, 11) is 0. The van der Waals surface area contributed by atoms with Crippen molar-refractivity contribution >= 4 is 17.9 Å². The van der Waals surface area contributed by atoms with Crippen molar-refractivity contribution in [3.05, 3.63) is 134 Å². The fraction of sp³-hybridized carbons (Fsp3) is 0.603. The molecule has 0 aliphatic heterocycles. The topological polar surface area (TPSA) is 78.9 Å². The molecular formula is C63H100O6. The molecule has 6 heteroatoms. The van der Waals surface area contributed by atoms with Crippen LogP contribution in [0.2, 0.25) is 0 Å². The van der Waals surface area contributed by atoms with E-state index in [1.807, 2.05) is 12.2 Å². The Morgan fingerprint density at radius 3 is 1.06 bits per heavy atom. The Kier molecular flexibility index (Phi) is 52.5. The highest BCUT2D eigenvalue weighted by atomic mass is 16.6. The van der Waals surface area contributed by atoms with Crippen LogP contribution in [0.3, 0.4) is 0 Å². The predicted molar refractivity (Wildman–Crippen MR) is 297 cm³/mol. The van der Waals surface area contributed by atoms with Gasteiger partial charge >= 0.3 is 17.9 Å². The first-order valence-corrected chi connectivity index (χ1v) is 27.7. The number of ether oxygens (including phenoxy) is 3. The molecule has 0 unspecified atom stereocenters. The second-order valence-electron chi connectivity index (χ2n) is 17.7. The predicted octanol–water partition coefficient (Wildman–Crippen LogP) is 18.6. The number of hydrogen-bond acceptors (Lipinski definition) is 6. The van der Waals surface area contributed by atoms with Gasteiger partial charge in [0, 0.05) is 19.3 Å². The van der Waals surface area contributed by atoms with Crippen LogP contribution in [0.15, 0.2) is 134 Å². The van der Waals surface area contributed by atoms with E-state index in [1.165, 1.54) is 77.0 Å². The number of allylic oxidation sites excluding steroid dienone is 22. The summed E-state index contributed by atoms with van der Waals surface area (Å²) in [5, 5.41) is 0. The van der Waals surface area contributed by atoms with Gasteiger partial charge in [0.15, 0.2) is 6.10 Å². The second kappa shape index (κ2) is 56.1. The molecule has 0 aromatic carbocycles. The minimum absolute atomic E-state index is 0.132. The van der Waals surface area contributed by atoms with Gasteiger partial charge in [-0.3, -0.25) is 14.4 Å². The highest BCUT2D eigenvalue weighted by Gasteiger charge is 2.19. The molecule has 0 aliphatic rings. The lowest BCUT2D eigenvalue weighted by atomic mass is 10.1. The fourth-order valence-electron chi connectivity index (χ4n) is 6.98. The summed E-state index contributed by atoms with van der Waals surface area (Å²) in [4.78, 5) is 38.1. The first-order valence-electron chi connectivity index (χ1n) is 27.7. The van der Waals surface area contributed by atoms with Crippen molar-refractivity contribution < 1.29 is 28.6 Å². The first kappa shape index (κ1) is 64.5. The summed E-state index contributed by atoms with van der Waals surface area (Å²) in [6, 6.07) is 0. The summed E-state index contributed by atoms with van der Waals surface area (Å²) in [5.74, 6) is -1.09. The molecule has 0 N–H and O–H groups in total. The molecule has 0 saturated carbocycles. The van der Waals surface area contributed by atoms with E-state index in [1.54, 1.807) is 0 Å². The van der Waals surface area contributed by atoms with Gasteiger partial charge in [-0.05, 0) is 122 Å². The molecule has 1 atom stereocenters. The number of carbonyl (C=O) groups excluding carboxylic acids is 3. The van der Waals surface area contributed by atoms with Crippen LogP contribution in [-0.2, 0) is 28.6 Å². The Morgan fingerprint density at radius 2 is 0.609 bits per heavy atom. The van der Waals surface area contributed by atoms with Crippen LogP contribution in [0.25, 0.3) is 0 Å². The molecule has 388 valence electrons. The third-order valence-electron chi connectivity index (χ3n) is 11.1. The van der Waals surface area contributed by atoms with E-state index in [-0.39, 0.29) is 38.0 Å². The Labute approximate surface area is 424 Å². The lowest BCUT2D eigenvalue weighted by molar-refractivity contribution is -0.166. The summed E-state index contributed by atoms with van der Waals surface area (Å²) >= 11 is 0. The maximum Gasteiger partial charge on any atom is 0.306 e. The number of unbranched alkanes of at least 4 members (excludes halogenated alkanes) is 15. The van der Waals surface area contributed by atoms with E-state index >= 15 is 0 Å². The minimum Gasteiger partial charge on any atom is -0.462 e. The third-order valence-corrected chi connectivity index (χ3v) is 11.1. The molecule has 0 rings (SSSR count). The Morgan fingerprint density at radius 1 is 0.304 bits per heavy atom. The number of rotatable bonds is 48. The van der Waals surface area contributed by atoms with Gasteiger partial charge in [-0.15, -0.1) is 0 Å². The largest absolute Gasteiger partial charge is 0.462 e. The number of hydrogen-bond donors (Lipinski definition) is 0. The average Bonchev–Trinajstić information content (AvgIpc) is 3.35. The molecule has 0 heterocycles. The fourth-order valence-corrected chi connectivity index (χ4v) is 6.98. The molecule has 0 saturated heterocycles. The van der Waals surface area contributed by atoms with Crippen LogP contribution < -0.4 is 0 Å². The van der Waals surface area contributed by atoms with Crippen molar-refractivity contribution in [1.82, 2.24) is 0 Å². The van der Waals surface area contributed by atoms with Crippen LogP contribution in [0.1, 0.15) is 226 Å². The van der Waals surface area contributed by atoms with E-state index in [9.17, 15) is 14.4 Å². The quantitative estimate of drug-likeness (QED) is 0.0262. The summed E-state index contributed by atoms with van der Waals surface area (Å²) in [6.07, 6.45) is 78.8. The van der Waals surface area contributed by atoms with Gasteiger partial charge in [-0.25, -0.2) is 0 Å². The third kappa shape index (κ3) is 54.4. The Bertz CT molecular complexity index is 1510. The standard InChI is InChI=1S/C63H100O6/c1-4-7-10-13-16-19-22-25-28-30-31-33-35-38-41-44-47-50-53-56-62(65)68-59-60(58-67-61(64)55-52-49-46-43-40-37-34-27-24-21-18-15-12-9-6-3)69-63(66)57-54-51-48-45-42-39-36-32-29-26-23-20-17-14-11-8-5-2/h7,10,16-17,19-20,25-29,31,33-34,36,38-39,41,45,47-48,50,60H,4-6,8-9,11-15,18,21-24,30,32,35,37,40,42-44,46,49,51-59H2,1-3H3/b10-7-,19-16-,20-17-,28-25-,29-26-,33-31-,34-27-,39-36-,41-38-,48-45-,50-47-/t60-/m0/s1. The minimum atomic E-state index is -0.845. The van der Waals surface area contributed by atoms with Gasteiger partial charge < -0.3 is 14.2 Å². The number of carbonyl (C=O) groups is 3. The van der Waals surface area contributed by atoms with Crippen LogP contribution in [0.4, 0.5) is 0 Å². The SMILES string of the molecule is CC/C=C\C/C=C\C/C=C\C/C=C\C/C=C\C/C=C\CCC(=O)OC[C@H](COC(=O)CCCCCCC/C=C\CCCCCCCC)OC(=O)CCC/C=C\C/C=C\C/C=C\C/C=C\CCCCC. The Balaban J connectivity index is 4.62. The molecule has 0 aromatic rings. The summed E-state index contributed by atoms with van der Waals surface area (Å²) < 4.78 is 16.7. The number of esters is 3. The normalized spacial score (nSPS) is 13.1. The van der Waals surface area contributed by atoms with Gasteiger partial charge in [0.2, 0.25) is 0 Å². The molecule has 0 bridgehead atoms. The van der Waals surface area contributed by atoms with Crippen LogP contribution in [-0.4, -0.2) is 37.2 Å². The zero-order valence-corrected chi connectivity index (χ0v) is 44.3. The summed E-state index contributed by atoms with van der Waals surface area (Å²) in [6.45, 7) is 6.36. The highest BCUT2D eigenvalue weighted by molar-refractivity contribution is 5.71. The monoisotopic (exact) mass is 953 g/mol. The van der Waals surface area contributed by atoms with E-state index in [4.69, 9.17) is 14.2 Å². The van der Waals surface area contributed by atoms with Gasteiger partial charge in [-0.2, -0.15) is 0 Å². The molecule has 0 amide bonds. The molecular weight excluding hydrogens is 853 g/mol. The molecule has 0 aliphatic carbocycles. The van der Waals surface area contributed by atoms with Crippen LogP contribution in [0.5, 0.6) is 0 Å². The Hall–Kier alpha value is -4.45. The van der Waals surface area contributed by atoms with Crippen LogP contribution >= 0.6 is 0 Å². The smallest absolute Gasteiger partial charge is 0.306 e. The van der Waals surface area contributed by atoms with E-state index < -0.39 is 12.1 Å². The maximum atomic E-state index is 12.8. The molecule has 69 heavy (non-hydrogen) atoms. The zero-order chi connectivity index (χ0) is 50.0. The summed E-state index contributed by atoms with van der Waals surface area (Å²) in [5.41, 5.74) is 0. The van der Waals surface area contributed by atoms with Crippen molar-refractivity contribution in [3.63, 3.8) is 0 Å². The average molecular weight is 953 g/mol. The maximum absolute atomic E-state index is 12.8. The van der Waals surface area contributed by atoms with Crippen molar-refractivity contribution in [2.24, 2.45) is 0 Å². The zero-order valence-electron chi connectivity index (χ0n) is 44.3. The highest BCUT2D eigenvalue weighted by Crippen LogP contribution is 2.12. The molecule has 0 spiro atoms. The van der Waals surface area contributed by atoms with E-state index in [2.05, 4.69) is 142 Å².